The van der Waals surface area contributed by atoms with Gasteiger partial charge in [0.05, 0.1) is 0 Å². The van der Waals surface area contributed by atoms with Gasteiger partial charge in [-0.05, 0) is 11.6 Å². The average molecular weight is 270 g/mol. The molecule has 0 aromatic heterocycles. The second-order valence-corrected chi connectivity index (χ2v) is 4.66. The van der Waals surface area contributed by atoms with Crippen LogP contribution in [0.1, 0.15) is 29.8 Å². The first-order chi connectivity index (χ1) is 9.74. The van der Waals surface area contributed by atoms with Crippen molar-refractivity contribution in [3.63, 3.8) is 0 Å². The van der Waals surface area contributed by atoms with Crippen LogP contribution >= 0.6 is 0 Å². The number of hydrogen-bond acceptors (Lipinski definition) is 3. The maximum absolute atomic E-state index is 10.9. The molecule has 4 heteroatoms. The van der Waals surface area contributed by atoms with Crippen LogP contribution in [0.4, 0.5) is 4.79 Å². The number of ether oxygens (including phenoxy) is 2. The lowest BCUT2D eigenvalue weighted by molar-refractivity contribution is 0.0133. The third kappa shape index (κ3) is 2.45. The van der Waals surface area contributed by atoms with E-state index in [2.05, 4.69) is 0 Å². The van der Waals surface area contributed by atoms with E-state index in [1.54, 1.807) is 0 Å². The molecule has 0 amide bonds. The van der Waals surface area contributed by atoms with Gasteiger partial charge in [-0.1, -0.05) is 48.5 Å². The number of benzene rings is 2. The zero-order valence-electron chi connectivity index (χ0n) is 10.7. The molecule has 2 aromatic rings. The van der Waals surface area contributed by atoms with E-state index in [-0.39, 0.29) is 6.10 Å². The van der Waals surface area contributed by atoms with Crippen molar-refractivity contribution >= 4 is 6.16 Å². The summed E-state index contributed by atoms with van der Waals surface area (Å²) >= 11 is 0. The van der Waals surface area contributed by atoms with Gasteiger partial charge >= 0.3 is 6.16 Å². The highest BCUT2D eigenvalue weighted by Crippen LogP contribution is 2.42. The lowest BCUT2D eigenvalue weighted by Gasteiger charge is -2.31. The average Bonchev–Trinajstić information content (AvgIpc) is 2.47. The molecular formula is C16H14O4. The fraction of sp³-hybridized carbons (Fsp3) is 0.188. The molecule has 3 rings (SSSR count). The van der Waals surface area contributed by atoms with Crippen LogP contribution in [0.2, 0.25) is 0 Å². The molecule has 0 saturated carbocycles. The summed E-state index contributed by atoms with van der Waals surface area (Å²) in [7, 11) is 0. The van der Waals surface area contributed by atoms with Gasteiger partial charge in [0.25, 0.3) is 0 Å². The lowest BCUT2D eigenvalue weighted by atomic mass is 9.95. The Bertz CT molecular complexity index is 609. The minimum absolute atomic E-state index is 0.199. The van der Waals surface area contributed by atoms with Crippen molar-refractivity contribution in [1.29, 1.82) is 0 Å². The van der Waals surface area contributed by atoms with Gasteiger partial charge in [0, 0.05) is 12.0 Å². The lowest BCUT2D eigenvalue weighted by Crippen LogP contribution is -2.22. The van der Waals surface area contributed by atoms with Gasteiger partial charge in [0.2, 0.25) is 0 Å². The Balaban J connectivity index is 1.94. The molecule has 0 bridgehead atoms. The summed E-state index contributed by atoms with van der Waals surface area (Å²) in [6.45, 7) is 0. The summed E-state index contributed by atoms with van der Waals surface area (Å²) in [6, 6.07) is 17.1. The maximum Gasteiger partial charge on any atom is 0.506 e. The molecule has 2 aromatic carbocycles. The number of para-hydroxylation sites is 1. The molecule has 2 atom stereocenters. The predicted molar refractivity (Wildman–Crippen MR) is 72.7 cm³/mol. The van der Waals surface area contributed by atoms with Gasteiger partial charge in [0.1, 0.15) is 18.0 Å². The second-order valence-electron chi connectivity index (χ2n) is 4.66. The predicted octanol–water partition coefficient (Wildman–Crippen LogP) is 3.95. The summed E-state index contributed by atoms with van der Waals surface area (Å²) in [5.41, 5.74) is 1.79. The molecule has 0 radical (unpaired) electrons. The van der Waals surface area contributed by atoms with Crippen molar-refractivity contribution in [2.24, 2.45) is 0 Å². The molecule has 1 aliphatic heterocycles. The first-order valence-electron chi connectivity index (χ1n) is 6.44. The van der Waals surface area contributed by atoms with Crippen LogP contribution in [0.3, 0.4) is 0 Å². The summed E-state index contributed by atoms with van der Waals surface area (Å²) in [5.74, 6) is 0.679. The SMILES string of the molecule is O=C(O)OC1CC(c2ccccc2)Oc2ccccc21. The zero-order chi connectivity index (χ0) is 13.9. The van der Waals surface area contributed by atoms with E-state index in [4.69, 9.17) is 14.6 Å². The molecule has 0 fully saturated rings. The number of carboxylic acid groups (broad SMARTS) is 1. The van der Waals surface area contributed by atoms with Crippen LogP contribution in [0.15, 0.2) is 54.6 Å². The van der Waals surface area contributed by atoms with Crippen molar-refractivity contribution in [1.82, 2.24) is 0 Å². The fourth-order valence-electron chi connectivity index (χ4n) is 2.48. The number of rotatable bonds is 2. The standard InChI is InChI=1S/C16H14O4/c17-16(18)20-15-10-14(11-6-2-1-3-7-11)19-13-9-5-4-8-12(13)15/h1-9,14-15H,10H2,(H,17,18). The molecule has 0 aliphatic carbocycles. The van der Waals surface area contributed by atoms with Crippen LogP contribution < -0.4 is 4.74 Å². The van der Waals surface area contributed by atoms with Gasteiger partial charge in [-0.25, -0.2) is 4.79 Å². The molecule has 20 heavy (non-hydrogen) atoms. The second kappa shape index (κ2) is 5.25. The van der Waals surface area contributed by atoms with Crippen LogP contribution in [0.25, 0.3) is 0 Å². The van der Waals surface area contributed by atoms with E-state index in [9.17, 15) is 4.79 Å². The zero-order valence-corrected chi connectivity index (χ0v) is 10.7. The Hall–Kier alpha value is -2.49. The monoisotopic (exact) mass is 270 g/mol. The Morgan fingerprint density at radius 2 is 1.80 bits per heavy atom. The molecule has 1 heterocycles. The molecule has 2 unspecified atom stereocenters. The number of hydrogen-bond donors (Lipinski definition) is 1. The topological polar surface area (TPSA) is 55.8 Å². The van der Waals surface area contributed by atoms with Crippen LogP contribution in [0.5, 0.6) is 5.75 Å². The van der Waals surface area contributed by atoms with Crippen molar-refractivity contribution < 1.29 is 19.4 Å². The molecular weight excluding hydrogens is 256 g/mol. The Kier molecular flexibility index (Phi) is 3.29. The molecule has 102 valence electrons. The van der Waals surface area contributed by atoms with Gasteiger partial charge < -0.3 is 14.6 Å². The largest absolute Gasteiger partial charge is 0.506 e. The maximum atomic E-state index is 10.9. The van der Waals surface area contributed by atoms with E-state index in [0.717, 1.165) is 11.1 Å². The Morgan fingerprint density at radius 1 is 1.10 bits per heavy atom. The Labute approximate surface area is 116 Å². The summed E-state index contributed by atoms with van der Waals surface area (Å²) in [6.07, 6.45) is -1.48. The van der Waals surface area contributed by atoms with Crippen molar-refractivity contribution in [2.45, 2.75) is 18.6 Å². The van der Waals surface area contributed by atoms with E-state index in [1.165, 1.54) is 0 Å². The highest BCUT2D eigenvalue weighted by molar-refractivity contribution is 5.58. The summed E-state index contributed by atoms with van der Waals surface area (Å²) in [4.78, 5) is 10.9. The smallest absolute Gasteiger partial charge is 0.485 e. The van der Waals surface area contributed by atoms with Gasteiger partial charge in [-0.3, -0.25) is 0 Å². The molecule has 1 N–H and O–H groups in total. The third-order valence-electron chi connectivity index (χ3n) is 3.38. The van der Waals surface area contributed by atoms with Crippen molar-refractivity contribution in [3.05, 3.63) is 65.7 Å². The first kappa shape index (κ1) is 12.5. The third-order valence-corrected chi connectivity index (χ3v) is 3.38. The van der Waals surface area contributed by atoms with E-state index >= 15 is 0 Å². The number of fused-ring (bicyclic) bond motifs is 1. The highest BCUT2D eigenvalue weighted by Gasteiger charge is 2.31. The molecule has 0 saturated heterocycles. The van der Waals surface area contributed by atoms with Crippen molar-refractivity contribution in [3.8, 4) is 5.75 Å². The minimum atomic E-state index is -1.27. The quantitative estimate of drug-likeness (QED) is 0.839. The first-order valence-corrected chi connectivity index (χ1v) is 6.44. The van der Waals surface area contributed by atoms with Crippen LogP contribution in [-0.4, -0.2) is 11.3 Å². The summed E-state index contributed by atoms with van der Waals surface area (Å²) in [5, 5.41) is 8.89. The van der Waals surface area contributed by atoms with E-state index in [0.29, 0.717) is 12.2 Å². The van der Waals surface area contributed by atoms with E-state index in [1.807, 2.05) is 54.6 Å². The van der Waals surface area contributed by atoms with Crippen molar-refractivity contribution in [2.75, 3.05) is 0 Å². The molecule has 0 spiro atoms. The van der Waals surface area contributed by atoms with Gasteiger partial charge in [-0.2, -0.15) is 0 Å². The normalized spacial score (nSPS) is 20.6. The van der Waals surface area contributed by atoms with Crippen LogP contribution in [-0.2, 0) is 4.74 Å². The van der Waals surface area contributed by atoms with E-state index < -0.39 is 12.3 Å². The highest BCUT2D eigenvalue weighted by atomic mass is 16.7. The molecule has 1 aliphatic rings. The summed E-state index contributed by atoms with van der Waals surface area (Å²) < 4.78 is 11.0. The Morgan fingerprint density at radius 3 is 2.55 bits per heavy atom. The van der Waals surface area contributed by atoms with Crippen LogP contribution in [0, 0.1) is 0 Å². The van der Waals surface area contributed by atoms with Gasteiger partial charge in [-0.15, -0.1) is 0 Å². The number of carbonyl (C=O) groups is 1. The minimum Gasteiger partial charge on any atom is -0.485 e. The van der Waals surface area contributed by atoms with Gasteiger partial charge in [0.15, 0.2) is 0 Å². The molecule has 4 nitrogen and oxygen atoms in total. The fourth-order valence-corrected chi connectivity index (χ4v) is 2.48.